The Bertz CT molecular complexity index is 180. The number of methoxy groups -OCH3 is 1. The standard InChI is InChI=1S/C9H18N2O2/c1-7(8-4-10-5-8)6-11(2)9(12)13-3/h7-8,10H,4-6H2,1-3H3. The van der Waals surface area contributed by atoms with Gasteiger partial charge >= 0.3 is 6.09 Å². The molecule has 1 unspecified atom stereocenters. The molecular weight excluding hydrogens is 168 g/mol. The Balaban J connectivity index is 2.25. The molecule has 0 aromatic rings. The lowest BCUT2D eigenvalue weighted by atomic mass is 9.89. The fraction of sp³-hybridized carbons (Fsp3) is 0.889. The maximum atomic E-state index is 11.1. The zero-order valence-corrected chi connectivity index (χ0v) is 8.54. The Labute approximate surface area is 79.2 Å². The average Bonchev–Trinajstić information content (AvgIpc) is 1.99. The zero-order valence-electron chi connectivity index (χ0n) is 8.54. The molecule has 13 heavy (non-hydrogen) atoms. The van der Waals surface area contributed by atoms with Gasteiger partial charge in [0.2, 0.25) is 0 Å². The third kappa shape index (κ3) is 2.59. The normalized spacial score (nSPS) is 19.0. The van der Waals surface area contributed by atoms with Gasteiger partial charge in [0.1, 0.15) is 0 Å². The third-order valence-electron chi connectivity index (χ3n) is 2.67. The van der Waals surface area contributed by atoms with Crippen molar-refractivity contribution in [1.29, 1.82) is 0 Å². The van der Waals surface area contributed by atoms with Crippen LogP contribution in [0.3, 0.4) is 0 Å². The monoisotopic (exact) mass is 186 g/mol. The van der Waals surface area contributed by atoms with E-state index in [1.807, 2.05) is 0 Å². The number of hydrogen-bond acceptors (Lipinski definition) is 3. The number of carbonyl (C=O) groups is 1. The van der Waals surface area contributed by atoms with E-state index in [9.17, 15) is 4.79 Å². The first-order chi connectivity index (χ1) is 6.15. The highest BCUT2D eigenvalue weighted by atomic mass is 16.5. The first-order valence-electron chi connectivity index (χ1n) is 4.65. The van der Waals surface area contributed by atoms with Crippen LogP contribution >= 0.6 is 0 Å². The van der Waals surface area contributed by atoms with E-state index in [1.165, 1.54) is 7.11 Å². The highest BCUT2D eigenvalue weighted by molar-refractivity contribution is 5.66. The van der Waals surface area contributed by atoms with Gasteiger partial charge in [0.15, 0.2) is 0 Å². The third-order valence-corrected chi connectivity index (χ3v) is 2.67. The smallest absolute Gasteiger partial charge is 0.409 e. The van der Waals surface area contributed by atoms with E-state index in [2.05, 4.69) is 17.0 Å². The molecule has 0 aromatic carbocycles. The second kappa shape index (κ2) is 4.46. The van der Waals surface area contributed by atoms with Crippen LogP contribution in [0.1, 0.15) is 6.92 Å². The molecule has 1 aliphatic heterocycles. The van der Waals surface area contributed by atoms with E-state index in [0.29, 0.717) is 11.8 Å². The Kier molecular flexibility index (Phi) is 3.54. The van der Waals surface area contributed by atoms with Crippen LogP contribution in [0.4, 0.5) is 4.79 Å². The molecule has 1 N–H and O–H groups in total. The van der Waals surface area contributed by atoms with Gasteiger partial charge in [0, 0.05) is 13.6 Å². The van der Waals surface area contributed by atoms with Gasteiger partial charge < -0.3 is 15.0 Å². The van der Waals surface area contributed by atoms with Gasteiger partial charge in [-0.3, -0.25) is 0 Å². The summed E-state index contributed by atoms with van der Waals surface area (Å²) in [7, 11) is 3.18. The van der Waals surface area contributed by atoms with Crippen LogP contribution in [0.15, 0.2) is 0 Å². The number of nitrogens with one attached hydrogen (secondary N) is 1. The van der Waals surface area contributed by atoms with Crippen LogP contribution in [0, 0.1) is 11.8 Å². The Morgan fingerprint density at radius 1 is 1.69 bits per heavy atom. The maximum Gasteiger partial charge on any atom is 0.409 e. The van der Waals surface area contributed by atoms with E-state index in [0.717, 1.165) is 19.6 Å². The average molecular weight is 186 g/mol. The molecule has 0 aliphatic carbocycles. The number of hydrogen-bond donors (Lipinski definition) is 1. The van der Waals surface area contributed by atoms with Crippen molar-refractivity contribution in [3.8, 4) is 0 Å². The van der Waals surface area contributed by atoms with Gasteiger partial charge in [-0.05, 0) is 24.9 Å². The van der Waals surface area contributed by atoms with Crippen LogP contribution in [0.25, 0.3) is 0 Å². The first kappa shape index (κ1) is 10.3. The minimum atomic E-state index is -0.251. The summed E-state index contributed by atoms with van der Waals surface area (Å²) in [5.74, 6) is 1.26. The van der Waals surface area contributed by atoms with Crippen molar-refractivity contribution in [2.45, 2.75) is 6.92 Å². The molecule has 0 aromatic heterocycles. The lowest BCUT2D eigenvalue weighted by Gasteiger charge is -2.34. The number of nitrogens with zero attached hydrogens (tertiary/aromatic N) is 1. The number of carbonyl (C=O) groups excluding carboxylic acids is 1. The van der Waals surface area contributed by atoms with Crippen molar-refractivity contribution in [1.82, 2.24) is 10.2 Å². The highest BCUT2D eigenvalue weighted by Gasteiger charge is 2.25. The summed E-state index contributed by atoms with van der Waals surface area (Å²) in [5.41, 5.74) is 0. The van der Waals surface area contributed by atoms with E-state index in [4.69, 9.17) is 0 Å². The molecule has 4 nitrogen and oxygen atoms in total. The van der Waals surface area contributed by atoms with Crippen molar-refractivity contribution >= 4 is 6.09 Å². The largest absolute Gasteiger partial charge is 0.453 e. The fourth-order valence-corrected chi connectivity index (χ4v) is 1.52. The van der Waals surface area contributed by atoms with Crippen molar-refractivity contribution in [2.24, 2.45) is 11.8 Å². The van der Waals surface area contributed by atoms with Crippen LogP contribution < -0.4 is 5.32 Å². The van der Waals surface area contributed by atoms with Crippen LogP contribution in [0.2, 0.25) is 0 Å². The van der Waals surface area contributed by atoms with Gasteiger partial charge in [-0.1, -0.05) is 6.92 Å². The zero-order chi connectivity index (χ0) is 9.84. The fourth-order valence-electron chi connectivity index (χ4n) is 1.52. The second-order valence-electron chi connectivity index (χ2n) is 3.75. The van der Waals surface area contributed by atoms with Crippen molar-refractivity contribution in [3.63, 3.8) is 0 Å². The molecule has 1 amide bonds. The summed E-state index contributed by atoms with van der Waals surface area (Å²) in [6.07, 6.45) is -0.251. The quantitative estimate of drug-likeness (QED) is 0.699. The van der Waals surface area contributed by atoms with E-state index in [-0.39, 0.29) is 6.09 Å². The van der Waals surface area contributed by atoms with Gasteiger partial charge in [-0.2, -0.15) is 0 Å². The molecule has 0 bridgehead atoms. The molecule has 1 heterocycles. The van der Waals surface area contributed by atoms with E-state index in [1.54, 1.807) is 11.9 Å². The second-order valence-corrected chi connectivity index (χ2v) is 3.75. The lowest BCUT2D eigenvalue weighted by Crippen LogP contribution is -2.48. The molecule has 0 spiro atoms. The molecule has 1 fully saturated rings. The van der Waals surface area contributed by atoms with Gasteiger partial charge in [0.05, 0.1) is 7.11 Å². The van der Waals surface area contributed by atoms with Crippen molar-refractivity contribution in [2.75, 3.05) is 33.8 Å². The molecule has 1 atom stereocenters. The van der Waals surface area contributed by atoms with Crippen LogP contribution in [0.5, 0.6) is 0 Å². The number of amides is 1. The summed E-state index contributed by atoms with van der Waals surface area (Å²) in [6, 6.07) is 0. The molecule has 4 heteroatoms. The molecule has 1 aliphatic rings. The summed E-state index contributed by atoms with van der Waals surface area (Å²) in [6.45, 7) is 5.11. The van der Waals surface area contributed by atoms with Crippen molar-refractivity contribution < 1.29 is 9.53 Å². The predicted molar refractivity (Wildman–Crippen MR) is 50.6 cm³/mol. The summed E-state index contributed by atoms with van der Waals surface area (Å²) in [5, 5.41) is 3.22. The number of rotatable bonds is 3. The Hall–Kier alpha value is -0.770. The number of ether oxygens (including phenoxy) is 1. The van der Waals surface area contributed by atoms with Gasteiger partial charge in [-0.15, -0.1) is 0 Å². The maximum absolute atomic E-state index is 11.1. The summed E-state index contributed by atoms with van der Waals surface area (Å²) >= 11 is 0. The summed E-state index contributed by atoms with van der Waals surface area (Å²) in [4.78, 5) is 12.7. The minimum absolute atomic E-state index is 0.251. The van der Waals surface area contributed by atoms with Crippen LogP contribution in [-0.2, 0) is 4.74 Å². The van der Waals surface area contributed by atoms with Crippen molar-refractivity contribution in [3.05, 3.63) is 0 Å². The van der Waals surface area contributed by atoms with Crippen LogP contribution in [-0.4, -0.2) is 44.8 Å². The van der Waals surface area contributed by atoms with E-state index < -0.39 is 0 Å². The summed E-state index contributed by atoms with van der Waals surface area (Å²) < 4.78 is 4.62. The topological polar surface area (TPSA) is 41.6 Å². The van der Waals surface area contributed by atoms with Gasteiger partial charge in [0.25, 0.3) is 0 Å². The predicted octanol–water partition coefficient (Wildman–Crippen LogP) is 0.540. The van der Waals surface area contributed by atoms with E-state index >= 15 is 0 Å². The molecule has 1 saturated heterocycles. The molecule has 0 saturated carbocycles. The SMILES string of the molecule is COC(=O)N(C)CC(C)C1CNC1. The minimum Gasteiger partial charge on any atom is -0.453 e. The Morgan fingerprint density at radius 2 is 2.31 bits per heavy atom. The molecule has 0 radical (unpaired) electrons. The lowest BCUT2D eigenvalue weighted by molar-refractivity contribution is 0.117. The first-order valence-corrected chi connectivity index (χ1v) is 4.65. The van der Waals surface area contributed by atoms with Gasteiger partial charge in [-0.25, -0.2) is 4.79 Å². The molecule has 1 rings (SSSR count). The molecular formula is C9H18N2O2. The Morgan fingerprint density at radius 3 is 2.69 bits per heavy atom. The highest BCUT2D eigenvalue weighted by Crippen LogP contribution is 2.16. The molecule has 76 valence electrons.